The average molecular weight is 280 g/mol. The number of fused-ring (bicyclic) bond motifs is 1. The van der Waals surface area contributed by atoms with Crippen LogP contribution in [-0.2, 0) is 0 Å². The van der Waals surface area contributed by atoms with E-state index < -0.39 is 0 Å². The van der Waals surface area contributed by atoms with Crippen LogP contribution in [-0.4, -0.2) is 36.1 Å². The summed E-state index contributed by atoms with van der Waals surface area (Å²) in [5.41, 5.74) is 7.25. The van der Waals surface area contributed by atoms with Crippen molar-refractivity contribution in [2.24, 2.45) is 5.73 Å². The van der Waals surface area contributed by atoms with E-state index in [1.54, 1.807) is 0 Å². The molecule has 0 saturated carbocycles. The number of hydrogen-bond donors (Lipinski definition) is 2. The van der Waals surface area contributed by atoms with Gasteiger partial charge in [0.25, 0.3) is 0 Å². The van der Waals surface area contributed by atoms with Crippen LogP contribution in [0.5, 0.6) is 0 Å². The number of anilines is 1. The maximum Gasteiger partial charge on any atom is 0.0662 e. The van der Waals surface area contributed by atoms with Crippen LogP contribution in [0.3, 0.4) is 0 Å². The van der Waals surface area contributed by atoms with Crippen molar-refractivity contribution in [3.63, 3.8) is 0 Å². The molecule has 19 heavy (non-hydrogen) atoms. The Balaban J connectivity index is 1.83. The number of rotatable bonds is 3. The number of nitrogens with one attached hydrogen (secondary N) is 1. The Morgan fingerprint density at radius 1 is 1.37 bits per heavy atom. The summed E-state index contributed by atoms with van der Waals surface area (Å²) in [6.45, 7) is 3.07. The van der Waals surface area contributed by atoms with Crippen LogP contribution in [0.4, 0.5) is 5.69 Å². The zero-order valence-corrected chi connectivity index (χ0v) is 12.0. The molecule has 1 aromatic carbocycles. The highest BCUT2D eigenvalue weighted by molar-refractivity contribution is 6.30. The Morgan fingerprint density at radius 3 is 3.05 bits per heavy atom. The van der Waals surface area contributed by atoms with Crippen molar-refractivity contribution in [2.75, 3.05) is 25.0 Å². The number of hydrogen-bond acceptors (Lipinski definition) is 3. The van der Waals surface area contributed by atoms with E-state index in [9.17, 15) is 0 Å². The van der Waals surface area contributed by atoms with Crippen molar-refractivity contribution >= 4 is 17.3 Å². The first kappa shape index (κ1) is 13.2. The summed E-state index contributed by atoms with van der Waals surface area (Å²) in [4.78, 5) is 2.61. The summed E-state index contributed by atoms with van der Waals surface area (Å²) in [7, 11) is 0. The average Bonchev–Trinajstić information content (AvgIpc) is 2.79. The predicted octanol–water partition coefficient (Wildman–Crippen LogP) is 2.71. The lowest BCUT2D eigenvalue weighted by molar-refractivity contribution is 0.167. The minimum atomic E-state index is 0.0190. The zero-order chi connectivity index (χ0) is 13.3. The Kier molecular flexibility index (Phi) is 3.70. The molecule has 0 amide bonds. The van der Waals surface area contributed by atoms with E-state index >= 15 is 0 Å². The van der Waals surface area contributed by atoms with Gasteiger partial charge >= 0.3 is 0 Å². The molecule has 2 atom stereocenters. The first-order chi connectivity index (χ1) is 9.23. The number of halogens is 1. The van der Waals surface area contributed by atoms with Gasteiger partial charge in [-0.2, -0.15) is 0 Å². The summed E-state index contributed by atoms with van der Waals surface area (Å²) in [5, 5.41) is 4.47. The molecule has 2 fully saturated rings. The van der Waals surface area contributed by atoms with E-state index in [0.717, 1.165) is 23.7 Å². The van der Waals surface area contributed by atoms with Gasteiger partial charge in [0.15, 0.2) is 0 Å². The molecule has 3 rings (SSSR count). The minimum absolute atomic E-state index is 0.0190. The Labute approximate surface area is 120 Å². The first-order valence-corrected chi connectivity index (χ1v) is 7.59. The lowest BCUT2D eigenvalue weighted by Crippen LogP contribution is -2.56. The molecule has 1 aromatic rings. The van der Waals surface area contributed by atoms with E-state index in [1.165, 1.54) is 25.8 Å². The lowest BCUT2D eigenvalue weighted by atomic mass is 9.85. The van der Waals surface area contributed by atoms with E-state index in [-0.39, 0.29) is 5.54 Å². The number of benzene rings is 1. The topological polar surface area (TPSA) is 41.3 Å². The van der Waals surface area contributed by atoms with Crippen molar-refractivity contribution in [2.45, 2.75) is 37.3 Å². The fourth-order valence-corrected chi connectivity index (χ4v) is 3.87. The van der Waals surface area contributed by atoms with Gasteiger partial charge in [-0.1, -0.05) is 24.1 Å². The Morgan fingerprint density at radius 2 is 2.26 bits per heavy atom. The second kappa shape index (κ2) is 5.31. The molecule has 2 aliphatic rings. The van der Waals surface area contributed by atoms with Crippen LogP contribution in [0.1, 0.15) is 25.7 Å². The third-order valence-electron chi connectivity index (χ3n) is 4.68. The zero-order valence-electron chi connectivity index (χ0n) is 11.2. The number of nitrogens with two attached hydrogens (primary N) is 1. The molecule has 2 unspecified atom stereocenters. The highest BCUT2D eigenvalue weighted by Crippen LogP contribution is 2.37. The standard InChI is InChI=1S/C15H22ClN3/c16-12-4-3-5-13(10-12)18-15(11-17)7-9-19-8-2-1-6-14(15)19/h3-5,10,14,18H,1-2,6-9,11,17H2. The molecular formula is C15H22ClN3. The number of piperidine rings is 1. The van der Waals surface area contributed by atoms with Gasteiger partial charge in [0.05, 0.1) is 5.54 Å². The van der Waals surface area contributed by atoms with Crippen LogP contribution in [0, 0.1) is 0 Å². The molecule has 0 radical (unpaired) electrons. The predicted molar refractivity (Wildman–Crippen MR) is 80.7 cm³/mol. The van der Waals surface area contributed by atoms with Gasteiger partial charge in [0.1, 0.15) is 0 Å². The molecule has 0 bridgehead atoms. The van der Waals surface area contributed by atoms with Crippen LogP contribution in [0.15, 0.2) is 24.3 Å². The maximum atomic E-state index is 6.14. The maximum absolute atomic E-state index is 6.14. The third kappa shape index (κ3) is 2.47. The van der Waals surface area contributed by atoms with Crippen molar-refractivity contribution in [3.8, 4) is 0 Å². The van der Waals surface area contributed by atoms with Gasteiger partial charge < -0.3 is 11.1 Å². The van der Waals surface area contributed by atoms with Crippen molar-refractivity contribution < 1.29 is 0 Å². The minimum Gasteiger partial charge on any atom is -0.377 e. The second-order valence-corrected chi connectivity index (χ2v) is 6.23. The van der Waals surface area contributed by atoms with Crippen molar-refractivity contribution in [1.82, 2.24) is 4.90 Å². The van der Waals surface area contributed by atoms with Gasteiger partial charge in [-0.15, -0.1) is 0 Å². The highest BCUT2D eigenvalue weighted by atomic mass is 35.5. The molecule has 0 spiro atoms. The quantitative estimate of drug-likeness (QED) is 0.894. The van der Waals surface area contributed by atoms with Crippen LogP contribution < -0.4 is 11.1 Å². The van der Waals surface area contributed by atoms with Crippen molar-refractivity contribution in [3.05, 3.63) is 29.3 Å². The van der Waals surface area contributed by atoms with Crippen LogP contribution in [0.25, 0.3) is 0 Å². The molecule has 3 nitrogen and oxygen atoms in total. The molecular weight excluding hydrogens is 258 g/mol. The highest BCUT2D eigenvalue weighted by Gasteiger charge is 2.46. The summed E-state index contributed by atoms with van der Waals surface area (Å²) in [6.07, 6.45) is 5.03. The third-order valence-corrected chi connectivity index (χ3v) is 4.91. The van der Waals surface area contributed by atoms with Crippen LogP contribution >= 0.6 is 11.6 Å². The fraction of sp³-hybridized carbons (Fsp3) is 0.600. The molecule has 4 heteroatoms. The van der Waals surface area contributed by atoms with Gasteiger partial charge in [0.2, 0.25) is 0 Å². The number of nitrogens with zero attached hydrogens (tertiary/aromatic N) is 1. The van der Waals surface area contributed by atoms with Gasteiger partial charge in [-0.05, 0) is 44.0 Å². The summed E-state index contributed by atoms with van der Waals surface area (Å²) in [5.74, 6) is 0. The van der Waals surface area contributed by atoms with Crippen molar-refractivity contribution in [1.29, 1.82) is 0 Å². The molecule has 3 N–H and O–H groups in total. The van der Waals surface area contributed by atoms with Gasteiger partial charge in [-0.25, -0.2) is 0 Å². The van der Waals surface area contributed by atoms with E-state index in [2.05, 4.69) is 16.3 Å². The Hall–Kier alpha value is -0.770. The summed E-state index contributed by atoms with van der Waals surface area (Å²) >= 11 is 6.07. The summed E-state index contributed by atoms with van der Waals surface area (Å²) in [6, 6.07) is 8.54. The molecule has 104 valence electrons. The van der Waals surface area contributed by atoms with Gasteiger partial charge in [0, 0.05) is 29.8 Å². The van der Waals surface area contributed by atoms with Crippen LogP contribution in [0.2, 0.25) is 5.02 Å². The molecule has 0 aromatic heterocycles. The summed E-state index contributed by atoms with van der Waals surface area (Å²) < 4.78 is 0. The SMILES string of the molecule is NCC1(Nc2cccc(Cl)c2)CCN2CCCCC21. The largest absolute Gasteiger partial charge is 0.377 e. The van der Waals surface area contributed by atoms with E-state index in [1.807, 2.05) is 18.2 Å². The normalized spacial score (nSPS) is 31.2. The Bertz CT molecular complexity index is 451. The molecule has 0 aliphatic carbocycles. The van der Waals surface area contributed by atoms with E-state index in [0.29, 0.717) is 12.6 Å². The smallest absolute Gasteiger partial charge is 0.0662 e. The fourth-order valence-electron chi connectivity index (χ4n) is 3.68. The van der Waals surface area contributed by atoms with E-state index in [4.69, 9.17) is 17.3 Å². The first-order valence-electron chi connectivity index (χ1n) is 7.21. The lowest BCUT2D eigenvalue weighted by Gasteiger charge is -2.41. The van der Waals surface area contributed by atoms with Gasteiger partial charge in [-0.3, -0.25) is 4.90 Å². The molecule has 2 aliphatic heterocycles. The second-order valence-electron chi connectivity index (χ2n) is 5.79. The molecule has 2 heterocycles. The monoisotopic (exact) mass is 279 g/mol. The molecule has 2 saturated heterocycles.